The minimum Gasteiger partial charge on any atom is -0.397 e. The van der Waals surface area contributed by atoms with Crippen molar-refractivity contribution in [3.63, 3.8) is 0 Å². The highest BCUT2D eigenvalue weighted by molar-refractivity contribution is 6.43. The third kappa shape index (κ3) is 2.73. The van der Waals surface area contributed by atoms with Gasteiger partial charge < -0.3 is 10.6 Å². The molecule has 0 heterocycles. The quantitative estimate of drug-likeness (QED) is 0.865. The molecule has 5 heteroatoms. The molecule has 0 spiro atoms. The number of hydrogen-bond acceptors (Lipinski definition) is 2. The minimum absolute atomic E-state index is 0.0628. The van der Waals surface area contributed by atoms with Crippen molar-refractivity contribution < 1.29 is 4.79 Å². The number of amides is 1. The van der Waals surface area contributed by atoms with Crippen LogP contribution in [0.25, 0.3) is 0 Å². The number of nitrogens with two attached hydrogens (primary N) is 1. The standard InChI is InChI=1S/C13H16Cl2N2O/c1-17(7-8-3-2-4-8)13(18)9-5-10(14)12(15)11(16)6-9/h5-6,8H,2-4,7,16H2,1H3. The lowest BCUT2D eigenvalue weighted by atomic mass is 9.85. The van der Waals surface area contributed by atoms with Gasteiger partial charge in [-0.2, -0.15) is 0 Å². The predicted octanol–water partition coefficient (Wildman–Crippen LogP) is 3.45. The summed E-state index contributed by atoms with van der Waals surface area (Å²) in [6, 6.07) is 3.15. The van der Waals surface area contributed by atoms with E-state index in [1.165, 1.54) is 19.3 Å². The van der Waals surface area contributed by atoms with Crippen LogP contribution in [0, 0.1) is 5.92 Å². The molecule has 1 aliphatic rings. The van der Waals surface area contributed by atoms with Crippen molar-refractivity contribution in [3.8, 4) is 0 Å². The maximum atomic E-state index is 12.2. The van der Waals surface area contributed by atoms with Gasteiger partial charge in [0.2, 0.25) is 0 Å². The van der Waals surface area contributed by atoms with Crippen LogP contribution >= 0.6 is 23.2 Å². The maximum Gasteiger partial charge on any atom is 0.253 e. The number of hydrogen-bond donors (Lipinski definition) is 1. The highest BCUT2D eigenvalue weighted by Gasteiger charge is 2.22. The van der Waals surface area contributed by atoms with Crippen LogP contribution in [0.4, 0.5) is 5.69 Å². The Labute approximate surface area is 117 Å². The van der Waals surface area contributed by atoms with Gasteiger partial charge in [-0.25, -0.2) is 0 Å². The van der Waals surface area contributed by atoms with Crippen molar-refractivity contribution in [1.29, 1.82) is 0 Å². The molecule has 18 heavy (non-hydrogen) atoms. The molecule has 0 aliphatic heterocycles. The molecular weight excluding hydrogens is 271 g/mol. The first-order valence-electron chi connectivity index (χ1n) is 5.99. The fourth-order valence-corrected chi connectivity index (χ4v) is 2.44. The molecule has 1 aromatic rings. The Bertz CT molecular complexity index is 449. The number of nitrogen functional groups attached to an aromatic ring is 1. The molecule has 0 aromatic heterocycles. The van der Waals surface area contributed by atoms with Crippen molar-refractivity contribution in [1.82, 2.24) is 4.90 Å². The van der Waals surface area contributed by atoms with Crippen LogP contribution in [0.2, 0.25) is 10.0 Å². The molecule has 0 unspecified atom stereocenters. The summed E-state index contributed by atoms with van der Waals surface area (Å²) in [4.78, 5) is 13.9. The van der Waals surface area contributed by atoms with Gasteiger partial charge >= 0.3 is 0 Å². The Morgan fingerprint density at radius 2 is 2.11 bits per heavy atom. The summed E-state index contributed by atoms with van der Waals surface area (Å²) < 4.78 is 0. The molecule has 0 radical (unpaired) electrons. The number of rotatable bonds is 3. The third-order valence-corrected chi connectivity index (χ3v) is 4.22. The minimum atomic E-state index is -0.0628. The van der Waals surface area contributed by atoms with Gasteiger partial charge in [-0.3, -0.25) is 4.79 Å². The molecule has 0 bridgehead atoms. The van der Waals surface area contributed by atoms with Crippen molar-refractivity contribution in [2.75, 3.05) is 19.3 Å². The topological polar surface area (TPSA) is 46.3 Å². The van der Waals surface area contributed by atoms with Gasteiger partial charge in [0.25, 0.3) is 5.91 Å². The number of anilines is 1. The van der Waals surface area contributed by atoms with E-state index in [2.05, 4.69) is 0 Å². The van der Waals surface area contributed by atoms with Crippen molar-refractivity contribution in [3.05, 3.63) is 27.7 Å². The Balaban J connectivity index is 2.12. The number of carbonyl (C=O) groups is 1. The largest absolute Gasteiger partial charge is 0.397 e. The zero-order valence-electron chi connectivity index (χ0n) is 10.2. The van der Waals surface area contributed by atoms with E-state index in [1.54, 1.807) is 24.1 Å². The number of nitrogens with zero attached hydrogens (tertiary/aromatic N) is 1. The third-order valence-electron chi connectivity index (χ3n) is 3.41. The SMILES string of the molecule is CN(CC1CCC1)C(=O)c1cc(N)c(Cl)c(Cl)c1. The number of halogens is 2. The predicted molar refractivity (Wildman–Crippen MR) is 75.2 cm³/mol. The van der Waals surface area contributed by atoms with E-state index in [0.29, 0.717) is 27.2 Å². The molecular formula is C13H16Cl2N2O. The van der Waals surface area contributed by atoms with Crippen LogP contribution < -0.4 is 5.73 Å². The Hall–Kier alpha value is -0.930. The normalized spacial score (nSPS) is 15.3. The van der Waals surface area contributed by atoms with Gasteiger partial charge in [0.05, 0.1) is 15.7 Å². The second-order valence-corrected chi connectivity index (χ2v) is 5.63. The zero-order chi connectivity index (χ0) is 13.3. The van der Waals surface area contributed by atoms with E-state index in [4.69, 9.17) is 28.9 Å². The average molecular weight is 287 g/mol. The summed E-state index contributed by atoms with van der Waals surface area (Å²) in [6.07, 6.45) is 3.69. The number of benzene rings is 1. The Morgan fingerprint density at radius 1 is 1.44 bits per heavy atom. The molecule has 0 atom stereocenters. The molecule has 1 aromatic carbocycles. The van der Waals surface area contributed by atoms with Gasteiger partial charge in [-0.05, 0) is 30.9 Å². The van der Waals surface area contributed by atoms with Gasteiger partial charge in [0.1, 0.15) is 0 Å². The molecule has 3 nitrogen and oxygen atoms in total. The monoisotopic (exact) mass is 286 g/mol. The van der Waals surface area contributed by atoms with Crippen LogP contribution in [0.5, 0.6) is 0 Å². The van der Waals surface area contributed by atoms with E-state index in [9.17, 15) is 4.79 Å². The van der Waals surface area contributed by atoms with Gasteiger partial charge in [-0.1, -0.05) is 29.6 Å². The van der Waals surface area contributed by atoms with E-state index >= 15 is 0 Å². The molecule has 1 fully saturated rings. The van der Waals surface area contributed by atoms with E-state index in [0.717, 1.165) is 6.54 Å². The summed E-state index contributed by atoms with van der Waals surface area (Å²) in [5.41, 5.74) is 6.54. The first kappa shape index (κ1) is 13.5. The molecule has 0 saturated heterocycles. The smallest absolute Gasteiger partial charge is 0.253 e. The Morgan fingerprint density at radius 3 is 2.61 bits per heavy atom. The van der Waals surface area contributed by atoms with Crippen molar-refractivity contribution >= 4 is 34.8 Å². The van der Waals surface area contributed by atoms with Crippen LogP contribution in [0.15, 0.2) is 12.1 Å². The second kappa shape index (κ2) is 5.37. The van der Waals surface area contributed by atoms with Gasteiger partial charge in [0.15, 0.2) is 0 Å². The van der Waals surface area contributed by atoms with Crippen molar-refractivity contribution in [2.24, 2.45) is 5.92 Å². The molecule has 2 rings (SSSR count). The van der Waals surface area contributed by atoms with Crippen LogP contribution in [0.3, 0.4) is 0 Å². The van der Waals surface area contributed by atoms with E-state index in [-0.39, 0.29) is 5.91 Å². The van der Waals surface area contributed by atoms with Gasteiger partial charge in [0, 0.05) is 19.2 Å². The highest BCUT2D eigenvalue weighted by Crippen LogP contribution is 2.31. The van der Waals surface area contributed by atoms with Crippen LogP contribution in [0.1, 0.15) is 29.6 Å². The lowest BCUT2D eigenvalue weighted by Crippen LogP contribution is -2.34. The first-order valence-corrected chi connectivity index (χ1v) is 6.74. The zero-order valence-corrected chi connectivity index (χ0v) is 11.8. The summed E-state index contributed by atoms with van der Waals surface area (Å²) in [5, 5.41) is 0.618. The molecule has 2 N–H and O–H groups in total. The van der Waals surface area contributed by atoms with Crippen LogP contribution in [-0.2, 0) is 0 Å². The highest BCUT2D eigenvalue weighted by atomic mass is 35.5. The lowest BCUT2D eigenvalue weighted by molar-refractivity contribution is 0.0745. The lowest BCUT2D eigenvalue weighted by Gasteiger charge is -2.30. The fraction of sp³-hybridized carbons (Fsp3) is 0.462. The maximum absolute atomic E-state index is 12.2. The van der Waals surface area contributed by atoms with Crippen LogP contribution in [-0.4, -0.2) is 24.4 Å². The van der Waals surface area contributed by atoms with E-state index in [1.807, 2.05) is 0 Å². The fourth-order valence-electron chi connectivity index (χ4n) is 2.10. The molecule has 1 amide bonds. The summed E-state index contributed by atoms with van der Waals surface area (Å²) in [5.74, 6) is 0.575. The first-order chi connectivity index (χ1) is 8.49. The molecule has 1 aliphatic carbocycles. The van der Waals surface area contributed by atoms with E-state index < -0.39 is 0 Å². The summed E-state index contributed by atoms with van der Waals surface area (Å²) in [6.45, 7) is 0.791. The summed E-state index contributed by atoms with van der Waals surface area (Å²) >= 11 is 11.8. The van der Waals surface area contributed by atoms with Gasteiger partial charge in [-0.15, -0.1) is 0 Å². The Kier molecular flexibility index (Phi) is 4.03. The summed E-state index contributed by atoms with van der Waals surface area (Å²) in [7, 11) is 1.80. The number of carbonyl (C=O) groups excluding carboxylic acids is 1. The molecule has 1 saturated carbocycles. The molecule has 98 valence electrons. The second-order valence-electron chi connectivity index (χ2n) is 4.84. The van der Waals surface area contributed by atoms with Crippen molar-refractivity contribution in [2.45, 2.75) is 19.3 Å². The average Bonchev–Trinajstić information content (AvgIpc) is 2.28.